The zero-order valence-corrected chi connectivity index (χ0v) is 15.1. The Balaban J connectivity index is 2.23. The lowest BCUT2D eigenvalue weighted by atomic mass is 10.0. The lowest BCUT2D eigenvalue weighted by Gasteiger charge is -2.15. The Kier molecular flexibility index (Phi) is 6.26. The topological polar surface area (TPSA) is 35.5 Å². The summed E-state index contributed by atoms with van der Waals surface area (Å²) in [6.45, 7) is 6.09. The molecule has 128 valence electrons. The van der Waals surface area contributed by atoms with E-state index >= 15 is 0 Å². The van der Waals surface area contributed by atoms with Crippen molar-refractivity contribution in [2.75, 3.05) is 6.26 Å². The van der Waals surface area contributed by atoms with Crippen LogP contribution in [0.3, 0.4) is 0 Å². The fourth-order valence-electron chi connectivity index (χ4n) is 2.44. The number of carbonyl (C=O) groups excluding carboxylic acids is 1. The Hall–Kier alpha value is -2.01. The lowest BCUT2D eigenvalue weighted by Crippen LogP contribution is -2.07. The van der Waals surface area contributed by atoms with Crippen molar-refractivity contribution in [1.29, 1.82) is 0 Å². The second-order valence-electron chi connectivity index (χ2n) is 5.46. The van der Waals surface area contributed by atoms with Crippen molar-refractivity contribution in [3.63, 3.8) is 0 Å². The summed E-state index contributed by atoms with van der Waals surface area (Å²) >= 11 is 0.933. The van der Waals surface area contributed by atoms with Gasteiger partial charge in [0.1, 0.15) is 23.9 Å². The molecule has 0 spiro atoms. The normalized spacial score (nSPS) is 10.5. The molecule has 0 saturated carbocycles. The van der Waals surface area contributed by atoms with Gasteiger partial charge in [-0.3, -0.25) is 0 Å². The number of ether oxygens (including phenoxy) is 2. The van der Waals surface area contributed by atoms with Gasteiger partial charge in [0.25, 0.3) is 0 Å². The molecule has 0 saturated heterocycles. The van der Waals surface area contributed by atoms with Crippen molar-refractivity contribution in [3.05, 3.63) is 58.4 Å². The number of carbonyl (C=O) groups is 1. The van der Waals surface area contributed by atoms with E-state index in [-0.39, 0.29) is 17.9 Å². The zero-order chi connectivity index (χ0) is 17.7. The van der Waals surface area contributed by atoms with Crippen molar-refractivity contribution in [2.24, 2.45) is 0 Å². The molecule has 0 amide bonds. The maximum absolute atomic E-state index is 14.1. The second kappa shape index (κ2) is 8.20. The molecule has 0 bridgehead atoms. The van der Waals surface area contributed by atoms with Crippen LogP contribution in [0.5, 0.6) is 11.5 Å². The van der Waals surface area contributed by atoms with Crippen LogP contribution in [0.2, 0.25) is 0 Å². The van der Waals surface area contributed by atoms with Gasteiger partial charge in [-0.25, -0.2) is 9.18 Å². The molecule has 0 aliphatic heterocycles. The van der Waals surface area contributed by atoms with E-state index in [9.17, 15) is 9.18 Å². The standard InChI is InChI=1S/C19H21FO3S/c1-5-14-9-13(3)18(10-12(14)2)22-11-15-16(20)7-6-8-17(15)23-19(21)24-4/h6-10H,5,11H2,1-4H3. The van der Waals surface area contributed by atoms with E-state index in [1.807, 2.05) is 19.9 Å². The highest BCUT2D eigenvalue weighted by Gasteiger charge is 2.14. The Morgan fingerprint density at radius 3 is 2.58 bits per heavy atom. The van der Waals surface area contributed by atoms with Crippen molar-refractivity contribution in [1.82, 2.24) is 0 Å². The molecule has 2 rings (SSSR count). The molecule has 3 nitrogen and oxygen atoms in total. The predicted molar refractivity (Wildman–Crippen MR) is 95.6 cm³/mol. The molecule has 5 heteroatoms. The van der Waals surface area contributed by atoms with Gasteiger partial charge in [-0.1, -0.05) is 19.1 Å². The Labute approximate surface area is 146 Å². The van der Waals surface area contributed by atoms with E-state index in [0.717, 1.165) is 29.3 Å². The van der Waals surface area contributed by atoms with Crippen LogP contribution in [0.1, 0.15) is 29.2 Å². The second-order valence-corrected chi connectivity index (χ2v) is 6.20. The van der Waals surface area contributed by atoms with Gasteiger partial charge in [-0.2, -0.15) is 0 Å². The fourth-order valence-corrected chi connectivity index (χ4v) is 2.61. The van der Waals surface area contributed by atoms with E-state index in [4.69, 9.17) is 9.47 Å². The van der Waals surface area contributed by atoms with E-state index in [0.29, 0.717) is 5.75 Å². The first kappa shape index (κ1) is 18.3. The van der Waals surface area contributed by atoms with E-state index in [1.54, 1.807) is 12.3 Å². The number of hydrogen-bond donors (Lipinski definition) is 0. The highest BCUT2D eigenvalue weighted by Crippen LogP contribution is 2.28. The molecule has 0 atom stereocenters. The van der Waals surface area contributed by atoms with Crippen LogP contribution in [0.15, 0.2) is 30.3 Å². The van der Waals surface area contributed by atoms with Gasteiger partial charge < -0.3 is 9.47 Å². The predicted octanol–water partition coefficient (Wildman–Crippen LogP) is 5.45. The first-order valence-electron chi connectivity index (χ1n) is 7.72. The van der Waals surface area contributed by atoms with Gasteiger partial charge in [0.15, 0.2) is 0 Å². The zero-order valence-electron chi connectivity index (χ0n) is 14.3. The first-order chi connectivity index (χ1) is 11.5. The number of hydrogen-bond acceptors (Lipinski definition) is 4. The number of rotatable bonds is 5. The minimum atomic E-state index is -0.485. The number of benzene rings is 2. The molecule has 0 heterocycles. The average molecular weight is 348 g/mol. The minimum absolute atomic E-state index is 0.00454. The van der Waals surface area contributed by atoms with Gasteiger partial charge in [0, 0.05) is 0 Å². The maximum Gasteiger partial charge on any atom is 0.372 e. The summed E-state index contributed by atoms with van der Waals surface area (Å²) < 4.78 is 25.1. The third kappa shape index (κ3) is 4.29. The van der Waals surface area contributed by atoms with Crippen molar-refractivity contribution in [2.45, 2.75) is 33.8 Å². The van der Waals surface area contributed by atoms with Gasteiger partial charge in [0.05, 0.1) is 5.56 Å². The Bertz CT molecular complexity index is 744. The molecule has 0 aromatic heterocycles. The summed E-state index contributed by atoms with van der Waals surface area (Å²) in [5, 5.41) is -0.485. The highest BCUT2D eigenvalue weighted by atomic mass is 32.2. The van der Waals surface area contributed by atoms with Crippen LogP contribution in [-0.4, -0.2) is 11.6 Å². The summed E-state index contributed by atoms with van der Waals surface area (Å²) in [6.07, 6.45) is 2.56. The number of aryl methyl sites for hydroxylation is 3. The van der Waals surface area contributed by atoms with Crippen LogP contribution in [-0.2, 0) is 13.0 Å². The summed E-state index contributed by atoms with van der Waals surface area (Å²) in [4.78, 5) is 11.5. The van der Waals surface area contributed by atoms with Gasteiger partial charge in [0.2, 0.25) is 0 Å². The van der Waals surface area contributed by atoms with E-state index in [1.165, 1.54) is 17.7 Å². The molecule has 0 aliphatic carbocycles. The number of thioether (sulfide) groups is 1. The monoisotopic (exact) mass is 348 g/mol. The molecular formula is C19H21FO3S. The van der Waals surface area contributed by atoms with Crippen LogP contribution in [0.25, 0.3) is 0 Å². The van der Waals surface area contributed by atoms with Crippen LogP contribution < -0.4 is 9.47 Å². The molecule has 0 aliphatic rings. The highest BCUT2D eigenvalue weighted by molar-refractivity contribution is 8.12. The average Bonchev–Trinajstić information content (AvgIpc) is 2.56. The molecule has 24 heavy (non-hydrogen) atoms. The van der Waals surface area contributed by atoms with Crippen LogP contribution in [0.4, 0.5) is 9.18 Å². The first-order valence-corrected chi connectivity index (χ1v) is 8.94. The summed E-state index contributed by atoms with van der Waals surface area (Å²) in [5.41, 5.74) is 3.63. The quantitative estimate of drug-likeness (QED) is 0.674. The summed E-state index contributed by atoms with van der Waals surface area (Å²) in [6, 6.07) is 8.44. The third-order valence-corrected chi connectivity index (χ3v) is 4.24. The number of halogens is 1. The summed E-state index contributed by atoms with van der Waals surface area (Å²) in [5.74, 6) is 0.435. The SMILES string of the molecule is CCc1cc(C)c(OCc2c(F)cccc2OC(=O)SC)cc1C. The minimum Gasteiger partial charge on any atom is -0.488 e. The van der Waals surface area contributed by atoms with Crippen molar-refractivity contribution >= 4 is 17.1 Å². The molecule has 0 unspecified atom stereocenters. The Morgan fingerprint density at radius 2 is 1.92 bits per heavy atom. The fraction of sp³-hybridized carbons (Fsp3) is 0.316. The molecule has 0 radical (unpaired) electrons. The third-order valence-electron chi connectivity index (χ3n) is 3.82. The molecule has 2 aromatic rings. The molecule has 2 aromatic carbocycles. The lowest BCUT2D eigenvalue weighted by molar-refractivity contribution is 0.224. The Morgan fingerprint density at radius 1 is 1.17 bits per heavy atom. The van der Waals surface area contributed by atoms with Gasteiger partial charge in [-0.15, -0.1) is 0 Å². The van der Waals surface area contributed by atoms with Crippen LogP contribution >= 0.6 is 11.8 Å². The smallest absolute Gasteiger partial charge is 0.372 e. The largest absolute Gasteiger partial charge is 0.488 e. The van der Waals surface area contributed by atoms with Gasteiger partial charge >= 0.3 is 5.30 Å². The van der Waals surface area contributed by atoms with Crippen molar-refractivity contribution < 1.29 is 18.7 Å². The molecule has 0 fully saturated rings. The van der Waals surface area contributed by atoms with Crippen molar-refractivity contribution in [3.8, 4) is 11.5 Å². The molecule has 0 N–H and O–H groups in total. The maximum atomic E-state index is 14.1. The summed E-state index contributed by atoms with van der Waals surface area (Å²) in [7, 11) is 0. The molecular weight excluding hydrogens is 327 g/mol. The van der Waals surface area contributed by atoms with Gasteiger partial charge in [-0.05, 0) is 73.2 Å². The van der Waals surface area contributed by atoms with Crippen LogP contribution in [0, 0.1) is 19.7 Å². The van der Waals surface area contributed by atoms with E-state index < -0.39 is 11.1 Å². The van der Waals surface area contributed by atoms with E-state index in [2.05, 4.69) is 13.0 Å².